The Labute approximate surface area is 120 Å². The molecule has 1 aliphatic rings. The first-order valence-electron chi connectivity index (χ1n) is 6.86. The molecule has 1 unspecified atom stereocenters. The lowest BCUT2D eigenvalue weighted by molar-refractivity contribution is 0.170. The van der Waals surface area contributed by atoms with Gasteiger partial charge in [-0.1, -0.05) is 0 Å². The van der Waals surface area contributed by atoms with E-state index in [1.807, 2.05) is 20.9 Å². The van der Waals surface area contributed by atoms with E-state index in [9.17, 15) is 8.42 Å². The van der Waals surface area contributed by atoms with Crippen LogP contribution < -0.4 is 5.32 Å². The number of aromatic nitrogens is 1. The highest BCUT2D eigenvalue weighted by molar-refractivity contribution is 7.89. The highest BCUT2D eigenvalue weighted by atomic mass is 32.2. The fourth-order valence-electron chi connectivity index (χ4n) is 2.51. The van der Waals surface area contributed by atoms with Crippen molar-refractivity contribution in [1.29, 1.82) is 0 Å². The molecule has 1 atom stereocenters. The number of nitrogens with one attached hydrogen (secondary N) is 1. The second-order valence-electron chi connectivity index (χ2n) is 5.11. The van der Waals surface area contributed by atoms with Crippen molar-refractivity contribution in [3.8, 4) is 0 Å². The Kier molecular flexibility index (Phi) is 4.62. The van der Waals surface area contributed by atoms with Crippen molar-refractivity contribution in [3.05, 3.63) is 18.3 Å². The van der Waals surface area contributed by atoms with Gasteiger partial charge in [0.05, 0.1) is 0 Å². The fraction of sp³-hybridized carbons (Fsp3) is 0.615. The summed E-state index contributed by atoms with van der Waals surface area (Å²) < 4.78 is 27.2. The van der Waals surface area contributed by atoms with Crippen LogP contribution in [0, 0.1) is 0 Å². The Balaban J connectivity index is 2.35. The molecule has 0 radical (unpaired) electrons. The van der Waals surface area contributed by atoms with Crippen molar-refractivity contribution >= 4 is 15.8 Å². The molecule has 1 aromatic rings. The van der Waals surface area contributed by atoms with Crippen molar-refractivity contribution in [2.75, 3.05) is 38.5 Å². The number of likely N-dealkylation sites (N-methyl/N-ethyl adjacent to an activating group) is 1. The summed E-state index contributed by atoms with van der Waals surface area (Å²) in [6, 6.07) is 3.24. The zero-order valence-electron chi connectivity index (χ0n) is 12.2. The first kappa shape index (κ1) is 15.2. The maximum Gasteiger partial charge on any atom is 0.247 e. The zero-order valence-corrected chi connectivity index (χ0v) is 13.0. The van der Waals surface area contributed by atoms with Crippen molar-refractivity contribution < 1.29 is 8.42 Å². The molecule has 2 rings (SSSR count). The minimum atomic E-state index is -3.51. The van der Waals surface area contributed by atoms with Gasteiger partial charge < -0.3 is 10.2 Å². The second kappa shape index (κ2) is 6.07. The molecule has 1 saturated heterocycles. The maximum absolute atomic E-state index is 12.8. The van der Waals surface area contributed by atoms with Gasteiger partial charge >= 0.3 is 0 Å². The lowest BCUT2D eigenvalue weighted by Crippen LogP contribution is -2.52. The lowest BCUT2D eigenvalue weighted by Gasteiger charge is -2.37. The normalized spacial score (nSPS) is 21.9. The summed E-state index contributed by atoms with van der Waals surface area (Å²) in [6.45, 7) is 6.51. The van der Waals surface area contributed by atoms with Gasteiger partial charge in [-0.25, -0.2) is 13.4 Å². The molecular weight excluding hydrogens is 276 g/mol. The van der Waals surface area contributed by atoms with Gasteiger partial charge in [0, 0.05) is 38.4 Å². The summed E-state index contributed by atoms with van der Waals surface area (Å²) in [5.74, 6) is 0.432. The molecule has 112 valence electrons. The second-order valence-corrected chi connectivity index (χ2v) is 6.97. The Morgan fingerprint density at radius 3 is 2.85 bits per heavy atom. The predicted molar refractivity (Wildman–Crippen MR) is 79.3 cm³/mol. The van der Waals surface area contributed by atoms with Crippen LogP contribution in [0.25, 0.3) is 0 Å². The molecule has 0 aliphatic carbocycles. The van der Waals surface area contributed by atoms with Gasteiger partial charge in [-0.05, 0) is 33.0 Å². The Morgan fingerprint density at radius 1 is 1.45 bits per heavy atom. The van der Waals surface area contributed by atoms with Crippen LogP contribution in [0.3, 0.4) is 0 Å². The smallest absolute Gasteiger partial charge is 0.247 e. The summed E-state index contributed by atoms with van der Waals surface area (Å²) in [5.41, 5.74) is 0. The fourth-order valence-corrected chi connectivity index (χ4v) is 4.24. The SMILES string of the molecule is CCNc1ncccc1S(=O)(=O)N1CCN(C)CC1C. The molecule has 0 bridgehead atoms. The van der Waals surface area contributed by atoms with Crippen molar-refractivity contribution in [2.45, 2.75) is 24.8 Å². The molecule has 20 heavy (non-hydrogen) atoms. The standard InChI is InChI=1S/C13H22N4O2S/c1-4-14-13-12(6-5-7-15-13)20(18,19)17-9-8-16(3)10-11(17)2/h5-7,11H,4,8-10H2,1-3H3,(H,14,15). The minimum absolute atomic E-state index is 0.0339. The molecule has 6 nitrogen and oxygen atoms in total. The largest absolute Gasteiger partial charge is 0.369 e. The number of piperazine rings is 1. The first-order chi connectivity index (χ1) is 9.46. The molecular formula is C13H22N4O2S. The van der Waals surface area contributed by atoms with E-state index in [0.717, 1.165) is 13.1 Å². The van der Waals surface area contributed by atoms with E-state index in [2.05, 4.69) is 15.2 Å². The molecule has 0 aromatic carbocycles. The van der Waals surface area contributed by atoms with Crippen molar-refractivity contribution in [1.82, 2.24) is 14.2 Å². The van der Waals surface area contributed by atoms with Crippen LogP contribution in [0.1, 0.15) is 13.8 Å². The van der Waals surface area contributed by atoms with Crippen molar-refractivity contribution in [3.63, 3.8) is 0 Å². The third-order valence-electron chi connectivity index (χ3n) is 3.47. The molecule has 1 N–H and O–H groups in total. The van der Waals surface area contributed by atoms with Gasteiger partial charge in [0.15, 0.2) is 0 Å². The summed E-state index contributed by atoms with van der Waals surface area (Å²) in [7, 11) is -1.50. The number of sulfonamides is 1. The molecule has 1 aliphatic heterocycles. The minimum Gasteiger partial charge on any atom is -0.369 e. The van der Waals surface area contributed by atoms with E-state index in [-0.39, 0.29) is 10.9 Å². The third-order valence-corrected chi connectivity index (χ3v) is 5.52. The van der Waals surface area contributed by atoms with Crippen LogP contribution in [0.15, 0.2) is 23.2 Å². The summed E-state index contributed by atoms with van der Waals surface area (Å²) in [4.78, 5) is 6.55. The van der Waals surface area contributed by atoms with Crippen LogP contribution in [0.5, 0.6) is 0 Å². The molecule has 1 fully saturated rings. The highest BCUT2D eigenvalue weighted by Gasteiger charge is 2.34. The quantitative estimate of drug-likeness (QED) is 0.892. The third kappa shape index (κ3) is 2.94. The Morgan fingerprint density at radius 2 is 2.20 bits per heavy atom. The average molecular weight is 298 g/mol. The monoisotopic (exact) mass is 298 g/mol. The van der Waals surface area contributed by atoms with Gasteiger partial charge in [0.2, 0.25) is 10.0 Å². The number of hydrogen-bond acceptors (Lipinski definition) is 5. The molecule has 0 saturated carbocycles. The number of rotatable bonds is 4. The molecule has 2 heterocycles. The summed E-state index contributed by atoms with van der Waals surface area (Å²) >= 11 is 0. The van der Waals surface area contributed by atoms with Gasteiger partial charge in [0.25, 0.3) is 0 Å². The van der Waals surface area contributed by atoms with Gasteiger partial charge in [-0.3, -0.25) is 0 Å². The molecule has 0 amide bonds. The van der Waals surface area contributed by atoms with E-state index in [1.54, 1.807) is 22.6 Å². The van der Waals surface area contributed by atoms with E-state index in [0.29, 0.717) is 18.9 Å². The van der Waals surface area contributed by atoms with Crippen LogP contribution in [0.4, 0.5) is 5.82 Å². The van der Waals surface area contributed by atoms with E-state index < -0.39 is 10.0 Å². The topological polar surface area (TPSA) is 65.5 Å². The van der Waals surface area contributed by atoms with Gasteiger partial charge in [0.1, 0.15) is 10.7 Å². The Bertz CT molecular complexity index is 561. The van der Waals surface area contributed by atoms with Crippen LogP contribution in [-0.4, -0.2) is 61.9 Å². The van der Waals surface area contributed by atoms with E-state index >= 15 is 0 Å². The van der Waals surface area contributed by atoms with E-state index in [1.165, 1.54) is 0 Å². The summed E-state index contributed by atoms with van der Waals surface area (Å²) in [6.07, 6.45) is 1.60. The van der Waals surface area contributed by atoms with Crippen LogP contribution in [0.2, 0.25) is 0 Å². The van der Waals surface area contributed by atoms with Crippen molar-refractivity contribution in [2.24, 2.45) is 0 Å². The predicted octanol–water partition coefficient (Wildman–Crippen LogP) is 0.838. The van der Waals surface area contributed by atoms with Crippen LogP contribution >= 0.6 is 0 Å². The Hall–Kier alpha value is -1.18. The van der Waals surface area contributed by atoms with Gasteiger partial charge in [-0.2, -0.15) is 4.31 Å². The lowest BCUT2D eigenvalue weighted by atomic mass is 10.2. The zero-order chi connectivity index (χ0) is 14.8. The number of nitrogens with zero attached hydrogens (tertiary/aromatic N) is 3. The summed E-state index contributed by atoms with van der Waals surface area (Å²) in [5, 5.41) is 3.02. The highest BCUT2D eigenvalue weighted by Crippen LogP contribution is 2.25. The molecule has 7 heteroatoms. The number of pyridine rings is 1. The first-order valence-corrected chi connectivity index (χ1v) is 8.30. The number of hydrogen-bond donors (Lipinski definition) is 1. The molecule has 0 spiro atoms. The van der Waals surface area contributed by atoms with Crippen LogP contribution in [-0.2, 0) is 10.0 Å². The maximum atomic E-state index is 12.8. The average Bonchev–Trinajstić information content (AvgIpc) is 2.39. The number of anilines is 1. The van der Waals surface area contributed by atoms with E-state index in [4.69, 9.17) is 0 Å². The molecule has 1 aromatic heterocycles. The van der Waals surface area contributed by atoms with Gasteiger partial charge in [-0.15, -0.1) is 0 Å².